The minimum absolute atomic E-state index is 0.185. The van der Waals surface area contributed by atoms with Crippen molar-refractivity contribution in [3.8, 4) is 11.1 Å². The number of nitrogens with one attached hydrogen (secondary N) is 2. The first-order valence-electron chi connectivity index (χ1n) is 5.72. The van der Waals surface area contributed by atoms with E-state index in [2.05, 4.69) is 9.97 Å². The molecule has 4 N–H and O–H groups in total. The Bertz CT molecular complexity index is 783. The quantitative estimate of drug-likeness (QED) is 0.610. The normalized spacial score (nSPS) is 10.9. The summed E-state index contributed by atoms with van der Waals surface area (Å²) in [6.07, 6.45) is 0. The SMILES string of the molecule is Cc1[nH]c2ccccc2c1-c1cc(N)[nH]c(=O)c1. The van der Waals surface area contributed by atoms with E-state index in [1.807, 2.05) is 31.2 Å². The zero-order chi connectivity index (χ0) is 12.7. The highest BCUT2D eigenvalue weighted by Crippen LogP contribution is 2.31. The zero-order valence-corrected chi connectivity index (χ0v) is 9.95. The van der Waals surface area contributed by atoms with Gasteiger partial charge >= 0.3 is 0 Å². The van der Waals surface area contributed by atoms with Crippen molar-refractivity contribution in [3.05, 3.63) is 52.4 Å². The van der Waals surface area contributed by atoms with Crippen LogP contribution in [0.25, 0.3) is 22.0 Å². The number of rotatable bonds is 1. The molecule has 0 unspecified atom stereocenters. The number of anilines is 1. The Labute approximate surface area is 103 Å². The number of pyridine rings is 1. The van der Waals surface area contributed by atoms with Crippen LogP contribution in [0, 0.1) is 6.92 Å². The van der Waals surface area contributed by atoms with Crippen molar-refractivity contribution in [2.24, 2.45) is 0 Å². The van der Waals surface area contributed by atoms with Crippen LogP contribution in [-0.2, 0) is 0 Å². The second kappa shape index (κ2) is 3.77. The number of aryl methyl sites for hydroxylation is 1. The van der Waals surface area contributed by atoms with Crippen LogP contribution in [0.1, 0.15) is 5.69 Å². The molecule has 0 bridgehead atoms. The fourth-order valence-electron chi connectivity index (χ4n) is 2.36. The maximum atomic E-state index is 11.5. The number of H-pyrrole nitrogens is 2. The van der Waals surface area contributed by atoms with Crippen LogP contribution in [0.5, 0.6) is 0 Å². The predicted molar refractivity (Wildman–Crippen MR) is 73.5 cm³/mol. The van der Waals surface area contributed by atoms with Crippen molar-refractivity contribution in [1.82, 2.24) is 9.97 Å². The molecule has 0 aliphatic carbocycles. The summed E-state index contributed by atoms with van der Waals surface area (Å²) in [5, 5.41) is 1.10. The molecule has 3 aromatic rings. The Morgan fingerprint density at radius 2 is 1.89 bits per heavy atom. The number of aromatic amines is 2. The first kappa shape index (κ1) is 10.7. The Morgan fingerprint density at radius 3 is 2.67 bits per heavy atom. The predicted octanol–water partition coefficient (Wildman–Crippen LogP) is 2.41. The monoisotopic (exact) mass is 239 g/mol. The van der Waals surface area contributed by atoms with E-state index < -0.39 is 0 Å². The van der Waals surface area contributed by atoms with Gasteiger partial charge < -0.3 is 15.7 Å². The smallest absolute Gasteiger partial charge is 0.250 e. The zero-order valence-electron chi connectivity index (χ0n) is 9.95. The molecule has 0 saturated carbocycles. The van der Waals surface area contributed by atoms with Crippen LogP contribution in [0.15, 0.2) is 41.2 Å². The summed E-state index contributed by atoms with van der Waals surface area (Å²) in [4.78, 5) is 17.4. The van der Waals surface area contributed by atoms with E-state index in [-0.39, 0.29) is 5.56 Å². The van der Waals surface area contributed by atoms with Crippen molar-refractivity contribution < 1.29 is 0 Å². The third-order valence-electron chi connectivity index (χ3n) is 3.05. The lowest BCUT2D eigenvalue weighted by Gasteiger charge is -2.02. The highest BCUT2D eigenvalue weighted by molar-refractivity contribution is 5.97. The van der Waals surface area contributed by atoms with Gasteiger partial charge in [-0.15, -0.1) is 0 Å². The van der Waals surface area contributed by atoms with Crippen molar-refractivity contribution >= 4 is 16.7 Å². The molecule has 0 radical (unpaired) electrons. The number of fused-ring (bicyclic) bond motifs is 1. The Morgan fingerprint density at radius 1 is 1.11 bits per heavy atom. The number of benzene rings is 1. The van der Waals surface area contributed by atoms with Gasteiger partial charge in [0.25, 0.3) is 0 Å². The Balaban J connectivity index is 2.37. The second-order valence-corrected chi connectivity index (χ2v) is 4.36. The van der Waals surface area contributed by atoms with Gasteiger partial charge in [0.2, 0.25) is 5.56 Å². The van der Waals surface area contributed by atoms with Crippen LogP contribution in [0.4, 0.5) is 5.82 Å². The molecule has 4 heteroatoms. The van der Waals surface area contributed by atoms with Gasteiger partial charge in [0.1, 0.15) is 5.82 Å². The summed E-state index contributed by atoms with van der Waals surface area (Å²) in [6, 6.07) is 11.4. The number of nitrogen functional groups attached to an aromatic ring is 1. The highest BCUT2D eigenvalue weighted by Gasteiger charge is 2.10. The van der Waals surface area contributed by atoms with Gasteiger partial charge in [-0.2, -0.15) is 0 Å². The molecule has 2 heterocycles. The fraction of sp³-hybridized carbons (Fsp3) is 0.0714. The Kier molecular flexibility index (Phi) is 2.23. The molecule has 4 nitrogen and oxygen atoms in total. The Hall–Kier alpha value is -2.49. The van der Waals surface area contributed by atoms with Crippen LogP contribution in [-0.4, -0.2) is 9.97 Å². The van der Waals surface area contributed by atoms with E-state index in [9.17, 15) is 4.79 Å². The molecule has 0 spiro atoms. The maximum Gasteiger partial charge on any atom is 0.250 e. The number of hydrogen-bond donors (Lipinski definition) is 3. The largest absolute Gasteiger partial charge is 0.385 e. The van der Waals surface area contributed by atoms with E-state index in [0.717, 1.165) is 27.7 Å². The summed E-state index contributed by atoms with van der Waals surface area (Å²) in [7, 11) is 0. The third kappa shape index (κ3) is 1.59. The number of nitrogens with two attached hydrogens (primary N) is 1. The number of aromatic nitrogens is 2. The molecule has 0 aliphatic rings. The van der Waals surface area contributed by atoms with Gasteiger partial charge in [-0.05, 0) is 24.6 Å². The van der Waals surface area contributed by atoms with Crippen LogP contribution in [0.2, 0.25) is 0 Å². The van der Waals surface area contributed by atoms with Crippen molar-refractivity contribution in [3.63, 3.8) is 0 Å². The molecule has 0 fully saturated rings. The molecule has 0 atom stereocenters. The van der Waals surface area contributed by atoms with Gasteiger partial charge in [-0.1, -0.05) is 18.2 Å². The summed E-state index contributed by atoms with van der Waals surface area (Å²) in [6.45, 7) is 1.99. The number of para-hydroxylation sites is 1. The van der Waals surface area contributed by atoms with Gasteiger partial charge in [0.15, 0.2) is 0 Å². The standard InChI is InChI=1S/C14H13N3O/c1-8-14(9-6-12(15)17-13(18)7-9)10-4-2-3-5-11(10)16-8/h2-7,16H,1H3,(H3,15,17,18). The molecule has 0 aliphatic heterocycles. The molecule has 3 rings (SSSR count). The lowest BCUT2D eigenvalue weighted by atomic mass is 10.0. The summed E-state index contributed by atoms with van der Waals surface area (Å²) >= 11 is 0. The molecule has 0 amide bonds. The molecular formula is C14H13N3O. The maximum absolute atomic E-state index is 11.5. The highest BCUT2D eigenvalue weighted by atomic mass is 16.1. The van der Waals surface area contributed by atoms with Crippen LogP contribution < -0.4 is 11.3 Å². The van der Waals surface area contributed by atoms with Gasteiger partial charge in [-0.3, -0.25) is 4.79 Å². The van der Waals surface area contributed by atoms with Gasteiger partial charge in [0, 0.05) is 28.2 Å². The van der Waals surface area contributed by atoms with E-state index in [4.69, 9.17) is 5.73 Å². The average molecular weight is 239 g/mol. The lowest BCUT2D eigenvalue weighted by molar-refractivity contribution is 1.24. The van der Waals surface area contributed by atoms with Crippen LogP contribution >= 0.6 is 0 Å². The van der Waals surface area contributed by atoms with Gasteiger partial charge in [-0.25, -0.2) is 0 Å². The number of hydrogen-bond acceptors (Lipinski definition) is 2. The topological polar surface area (TPSA) is 74.7 Å². The first-order valence-corrected chi connectivity index (χ1v) is 5.72. The van der Waals surface area contributed by atoms with E-state index in [0.29, 0.717) is 5.82 Å². The molecule has 90 valence electrons. The first-order chi connectivity index (χ1) is 8.65. The molecular weight excluding hydrogens is 226 g/mol. The molecule has 18 heavy (non-hydrogen) atoms. The summed E-state index contributed by atoms with van der Waals surface area (Å²) in [5.41, 5.74) is 9.47. The summed E-state index contributed by atoms with van der Waals surface area (Å²) in [5.74, 6) is 0.377. The van der Waals surface area contributed by atoms with E-state index in [1.165, 1.54) is 0 Å². The van der Waals surface area contributed by atoms with E-state index in [1.54, 1.807) is 12.1 Å². The molecule has 1 aromatic carbocycles. The minimum atomic E-state index is -0.185. The van der Waals surface area contributed by atoms with Crippen molar-refractivity contribution in [1.29, 1.82) is 0 Å². The molecule has 2 aromatic heterocycles. The fourth-order valence-corrected chi connectivity index (χ4v) is 2.36. The minimum Gasteiger partial charge on any atom is -0.385 e. The van der Waals surface area contributed by atoms with Gasteiger partial charge in [0.05, 0.1) is 0 Å². The average Bonchev–Trinajstić information content (AvgIpc) is 2.63. The van der Waals surface area contributed by atoms with E-state index >= 15 is 0 Å². The molecule has 0 saturated heterocycles. The van der Waals surface area contributed by atoms with Crippen LogP contribution in [0.3, 0.4) is 0 Å². The third-order valence-corrected chi connectivity index (χ3v) is 3.05. The van der Waals surface area contributed by atoms with Crippen molar-refractivity contribution in [2.45, 2.75) is 6.92 Å². The summed E-state index contributed by atoms with van der Waals surface area (Å²) < 4.78 is 0. The van der Waals surface area contributed by atoms with Crippen molar-refractivity contribution in [2.75, 3.05) is 5.73 Å². The lowest BCUT2D eigenvalue weighted by Crippen LogP contribution is -2.07. The second-order valence-electron chi connectivity index (χ2n) is 4.36.